The third-order valence-corrected chi connectivity index (χ3v) is 9.27. The molecule has 1 aliphatic heterocycles. The van der Waals surface area contributed by atoms with Crippen molar-refractivity contribution in [2.24, 2.45) is 17.6 Å². The smallest absolute Gasteiger partial charge is 0.255 e. The van der Waals surface area contributed by atoms with Gasteiger partial charge in [0.1, 0.15) is 22.8 Å². The number of likely N-dealkylation sites (N-methyl/N-ethyl adjacent to an activating group) is 1. The number of benzene rings is 1. The first-order valence-corrected chi connectivity index (χ1v) is 14.4. The molecular weight excluding hydrogens is 629 g/mol. The number of aliphatic hydroxyl groups is 3. The molecule has 5 rings (SSSR count). The van der Waals surface area contributed by atoms with Gasteiger partial charge in [-0.1, -0.05) is 6.42 Å². The molecule has 7 N–H and O–H groups in total. The molecule has 3 aliphatic carbocycles. The van der Waals surface area contributed by atoms with Gasteiger partial charge in [-0.3, -0.25) is 29.0 Å². The van der Waals surface area contributed by atoms with Gasteiger partial charge in [0, 0.05) is 31.3 Å². The number of aliphatic hydroxyl groups excluding tert-OH is 2. The minimum atomic E-state index is -2.72. The Morgan fingerprint density at radius 3 is 2.24 bits per heavy atom. The summed E-state index contributed by atoms with van der Waals surface area (Å²) in [7, 11) is 6.64. The van der Waals surface area contributed by atoms with E-state index in [1.54, 1.807) is 39.2 Å². The van der Waals surface area contributed by atoms with E-state index in [0.717, 1.165) is 32.4 Å². The summed E-state index contributed by atoms with van der Waals surface area (Å²) in [5.74, 6) is -7.56. The fraction of sp³-hybridized carbons (Fsp3) is 0.533. The number of hydrogen-bond acceptors (Lipinski definition) is 11. The lowest BCUT2D eigenvalue weighted by Gasteiger charge is -2.50. The maximum absolute atomic E-state index is 14.1. The molecule has 0 radical (unpaired) electrons. The number of hydrogen-bond donors (Lipinski definition) is 6. The van der Waals surface area contributed by atoms with Crippen molar-refractivity contribution in [2.75, 3.05) is 58.0 Å². The first-order chi connectivity index (χ1) is 20.2. The van der Waals surface area contributed by atoms with E-state index in [4.69, 9.17) is 5.73 Å². The average Bonchev–Trinajstić information content (AvgIpc) is 2.92. The molecule has 1 saturated heterocycles. The lowest BCUT2D eigenvalue weighted by atomic mass is 9.57. The van der Waals surface area contributed by atoms with Gasteiger partial charge < -0.3 is 36.4 Å². The number of ketones is 2. The third kappa shape index (κ3) is 5.76. The van der Waals surface area contributed by atoms with Crippen molar-refractivity contribution in [1.29, 1.82) is 0 Å². The molecule has 2 unspecified atom stereocenters. The summed E-state index contributed by atoms with van der Waals surface area (Å²) in [6.45, 7) is 1.73. The second-order valence-electron chi connectivity index (χ2n) is 12.4. The zero-order chi connectivity index (χ0) is 31.5. The Bertz CT molecular complexity index is 1490. The molecule has 13 nitrogen and oxygen atoms in total. The number of halogens is 2. The number of carbonyl (C=O) groups excluding carboxylic acids is 4. The van der Waals surface area contributed by atoms with Crippen molar-refractivity contribution in [3.8, 4) is 5.75 Å². The number of anilines is 2. The molecule has 2 amide bonds. The Hall–Kier alpha value is -3.36. The highest BCUT2D eigenvalue weighted by Gasteiger charge is 2.64. The summed E-state index contributed by atoms with van der Waals surface area (Å²) < 4.78 is 0. The highest BCUT2D eigenvalue weighted by Crippen LogP contribution is 2.54. The summed E-state index contributed by atoms with van der Waals surface area (Å²) in [6.07, 6.45) is 3.26. The van der Waals surface area contributed by atoms with Crippen LogP contribution in [0.4, 0.5) is 11.4 Å². The molecule has 45 heavy (non-hydrogen) atoms. The predicted octanol–water partition coefficient (Wildman–Crippen LogP) is 1.30. The Labute approximate surface area is 273 Å². The van der Waals surface area contributed by atoms with Gasteiger partial charge in [-0.15, -0.1) is 24.8 Å². The number of nitrogens with zero attached hydrogens (tertiary/aromatic N) is 3. The molecule has 0 bridgehead atoms. The van der Waals surface area contributed by atoms with E-state index in [9.17, 15) is 39.6 Å². The van der Waals surface area contributed by atoms with E-state index >= 15 is 0 Å². The van der Waals surface area contributed by atoms with E-state index < -0.39 is 63.8 Å². The summed E-state index contributed by atoms with van der Waals surface area (Å²) in [5.41, 5.74) is 2.63. The Balaban J connectivity index is 0.00000276. The van der Waals surface area contributed by atoms with Crippen LogP contribution in [0.15, 0.2) is 23.0 Å². The number of rotatable bonds is 6. The van der Waals surface area contributed by atoms with Crippen LogP contribution in [-0.4, -0.2) is 113 Å². The van der Waals surface area contributed by atoms with Crippen LogP contribution >= 0.6 is 24.8 Å². The van der Waals surface area contributed by atoms with Crippen LogP contribution < -0.4 is 16.0 Å². The summed E-state index contributed by atoms with van der Waals surface area (Å²) in [5, 5.41) is 48.5. The van der Waals surface area contributed by atoms with Crippen molar-refractivity contribution in [3.05, 3.63) is 34.1 Å². The van der Waals surface area contributed by atoms with Gasteiger partial charge >= 0.3 is 0 Å². The number of nitrogens with one attached hydrogen (secondary N) is 1. The maximum atomic E-state index is 14.1. The molecule has 1 heterocycles. The van der Waals surface area contributed by atoms with Gasteiger partial charge in [-0.2, -0.15) is 0 Å². The quantitative estimate of drug-likeness (QED) is 0.189. The molecule has 2 fully saturated rings. The monoisotopic (exact) mass is 669 g/mol. The summed E-state index contributed by atoms with van der Waals surface area (Å²) >= 11 is 0. The van der Waals surface area contributed by atoms with Crippen LogP contribution in [0.25, 0.3) is 5.76 Å². The summed E-state index contributed by atoms with van der Waals surface area (Å²) in [4.78, 5) is 57.7. The van der Waals surface area contributed by atoms with Crippen LogP contribution in [0.5, 0.6) is 5.75 Å². The van der Waals surface area contributed by atoms with Gasteiger partial charge in [0.15, 0.2) is 11.4 Å². The fourth-order valence-electron chi connectivity index (χ4n) is 7.30. The van der Waals surface area contributed by atoms with Crippen LogP contribution in [0.2, 0.25) is 0 Å². The van der Waals surface area contributed by atoms with Crippen molar-refractivity contribution in [3.63, 3.8) is 0 Å². The minimum Gasteiger partial charge on any atom is -0.508 e. The number of Topliss-reactive ketones (excluding diaryl/α,β-unsaturated/α-hetero) is 2. The number of phenols is 1. The van der Waals surface area contributed by atoms with Crippen molar-refractivity contribution >= 4 is 65.3 Å². The zero-order valence-corrected chi connectivity index (χ0v) is 27.3. The number of carbonyl (C=O) groups is 4. The van der Waals surface area contributed by atoms with Gasteiger partial charge in [-0.25, -0.2) is 0 Å². The first kappa shape index (κ1) is 36.1. The van der Waals surface area contributed by atoms with E-state index in [0.29, 0.717) is 11.3 Å². The number of likely N-dealkylation sites (tertiary alicyclic amines) is 1. The largest absolute Gasteiger partial charge is 0.508 e. The van der Waals surface area contributed by atoms with E-state index in [2.05, 4.69) is 5.32 Å². The van der Waals surface area contributed by atoms with Crippen molar-refractivity contribution < 1.29 is 39.6 Å². The number of nitrogens with two attached hydrogens (primary N) is 1. The second-order valence-corrected chi connectivity index (χ2v) is 12.4. The van der Waals surface area contributed by atoms with Gasteiger partial charge in [-0.05, 0) is 70.4 Å². The highest BCUT2D eigenvalue weighted by atomic mass is 35.5. The number of amides is 2. The Morgan fingerprint density at radius 2 is 1.69 bits per heavy atom. The molecule has 1 aromatic carbocycles. The lowest BCUT2D eigenvalue weighted by Crippen LogP contribution is -2.65. The van der Waals surface area contributed by atoms with Crippen molar-refractivity contribution in [1.82, 2.24) is 9.80 Å². The molecule has 15 heteroatoms. The molecule has 4 aliphatic rings. The first-order valence-electron chi connectivity index (χ1n) is 14.4. The highest BCUT2D eigenvalue weighted by molar-refractivity contribution is 6.24. The molecule has 248 valence electrons. The van der Waals surface area contributed by atoms with Crippen LogP contribution in [-0.2, 0) is 25.6 Å². The Kier molecular flexibility index (Phi) is 10.6. The van der Waals surface area contributed by atoms with E-state index in [-0.39, 0.29) is 66.9 Å². The minimum absolute atomic E-state index is 0. The predicted molar refractivity (Wildman–Crippen MR) is 172 cm³/mol. The van der Waals surface area contributed by atoms with E-state index in [1.807, 2.05) is 4.90 Å². The number of phenolic OH excluding ortho intramolecular Hbond substituents is 1. The molecule has 0 spiro atoms. The van der Waals surface area contributed by atoms with Crippen LogP contribution in [0.1, 0.15) is 36.8 Å². The average molecular weight is 671 g/mol. The SMILES string of the molecule is CN(C)c1cc(NC(=O)CN2CCCCC2)c(O)c2c1CC1CC3[C@H](N(C)C)C(=O)C(C(N)=O)=C(O)[C@@]3(O)C(=O)C1=C2O.Cl.Cl. The van der Waals surface area contributed by atoms with Crippen molar-refractivity contribution in [2.45, 2.75) is 43.7 Å². The fourth-order valence-corrected chi connectivity index (χ4v) is 7.30. The summed E-state index contributed by atoms with van der Waals surface area (Å²) in [6, 6.07) is 0.457. The lowest BCUT2D eigenvalue weighted by molar-refractivity contribution is -0.153. The van der Waals surface area contributed by atoms with Gasteiger partial charge in [0.2, 0.25) is 11.7 Å². The maximum Gasteiger partial charge on any atom is 0.255 e. The Morgan fingerprint density at radius 1 is 1.07 bits per heavy atom. The van der Waals surface area contributed by atoms with Gasteiger partial charge in [0.05, 0.1) is 23.8 Å². The number of primary amides is 1. The molecule has 1 aromatic rings. The number of aromatic hydroxyl groups is 1. The zero-order valence-electron chi connectivity index (χ0n) is 25.6. The van der Waals surface area contributed by atoms with Crippen LogP contribution in [0.3, 0.4) is 0 Å². The molecule has 4 atom stereocenters. The van der Waals surface area contributed by atoms with Crippen LogP contribution in [0, 0.1) is 11.8 Å². The standard InChI is InChI=1S/C30H39N5O8.2ClH/c1-33(2)18-12-17(32-19(36)13-35-8-6-5-7-9-35)24(37)21-15(18)10-14-11-16-23(34(3)4)26(39)22(29(31)42)28(41)30(16,43)27(40)20(14)25(21)38;;/h12,14,16,23,37-38,41,43H,5-11,13H2,1-4H3,(H2,31,42)(H,32,36);2*1H/t14?,16?,23-,30-;;/m0../s1. The second kappa shape index (κ2) is 13.2. The normalized spacial score (nSPS) is 26.3. The molecular formula is C30H41Cl2N5O8. The topological polar surface area (TPSA) is 197 Å². The number of fused-ring (bicyclic) bond motifs is 3. The molecule has 1 saturated carbocycles. The van der Waals surface area contributed by atoms with Gasteiger partial charge in [0.25, 0.3) is 5.91 Å². The molecule has 0 aromatic heterocycles. The third-order valence-electron chi connectivity index (χ3n) is 9.27. The number of piperidine rings is 1. The van der Waals surface area contributed by atoms with E-state index in [1.165, 1.54) is 4.90 Å².